The summed E-state index contributed by atoms with van der Waals surface area (Å²) < 4.78 is 0. The van der Waals surface area contributed by atoms with Crippen LogP contribution in [0.15, 0.2) is 48.5 Å². The standard InChI is InChI=1S/C19H25N/c1-4-17-9-7-11-19(13-17)15-20(5-2)14-18-10-6-8-16(3)12-18/h6-13H,4-5,14-15H2,1-3H3. The van der Waals surface area contributed by atoms with Gasteiger partial charge in [-0.15, -0.1) is 0 Å². The van der Waals surface area contributed by atoms with Crippen LogP contribution in [-0.4, -0.2) is 11.4 Å². The van der Waals surface area contributed by atoms with Gasteiger partial charge in [0.25, 0.3) is 0 Å². The van der Waals surface area contributed by atoms with Crippen molar-refractivity contribution in [1.29, 1.82) is 0 Å². The molecule has 0 spiro atoms. The Balaban J connectivity index is 2.05. The maximum absolute atomic E-state index is 2.49. The third-order valence-electron chi connectivity index (χ3n) is 3.74. The molecule has 0 saturated carbocycles. The molecule has 1 heteroatoms. The second-order valence-electron chi connectivity index (χ2n) is 5.47. The maximum Gasteiger partial charge on any atom is 0.0237 e. The number of nitrogens with zero attached hydrogens (tertiary/aromatic N) is 1. The van der Waals surface area contributed by atoms with Crippen molar-refractivity contribution >= 4 is 0 Å². The summed E-state index contributed by atoms with van der Waals surface area (Å²) in [5.74, 6) is 0. The van der Waals surface area contributed by atoms with Crippen LogP contribution in [0.1, 0.15) is 36.1 Å². The molecule has 0 atom stereocenters. The lowest BCUT2D eigenvalue weighted by Crippen LogP contribution is -2.22. The highest BCUT2D eigenvalue weighted by Crippen LogP contribution is 2.13. The SMILES string of the molecule is CCc1cccc(CN(CC)Cc2cccc(C)c2)c1. The minimum Gasteiger partial charge on any atom is -0.295 e. The van der Waals surface area contributed by atoms with Crippen LogP contribution in [0.25, 0.3) is 0 Å². The molecule has 0 amide bonds. The summed E-state index contributed by atoms with van der Waals surface area (Å²) in [5, 5.41) is 0. The molecule has 0 aliphatic carbocycles. The van der Waals surface area contributed by atoms with Crippen molar-refractivity contribution < 1.29 is 0 Å². The van der Waals surface area contributed by atoms with Crippen LogP contribution in [0.5, 0.6) is 0 Å². The van der Waals surface area contributed by atoms with Crippen LogP contribution in [0, 0.1) is 6.92 Å². The van der Waals surface area contributed by atoms with Gasteiger partial charge in [-0.25, -0.2) is 0 Å². The van der Waals surface area contributed by atoms with Crippen molar-refractivity contribution in [1.82, 2.24) is 4.90 Å². The molecule has 0 aromatic heterocycles. The molecule has 0 saturated heterocycles. The van der Waals surface area contributed by atoms with E-state index < -0.39 is 0 Å². The zero-order valence-electron chi connectivity index (χ0n) is 12.9. The normalized spacial score (nSPS) is 11.0. The fraction of sp³-hybridized carbons (Fsp3) is 0.368. The number of benzene rings is 2. The van der Waals surface area contributed by atoms with Gasteiger partial charge >= 0.3 is 0 Å². The van der Waals surface area contributed by atoms with Gasteiger partial charge in [0.15, 0.2) is 0 Å². The van der Waals surface area contributed by atoms with E-state index in [0.717, 1.165) is 26.1 Å². The Labute approximate surface area is 123 Å². The van der Waals surface area contributed by atoms with E-state index in [0.29, 0.717) is 0 Å². The molecule has 0 N–H and O–H groups in total. The van der Waals surface area contributed by atoms with Crippen LogP contribution in [0.4, 0.5) is 0 Å². The predicted octanol–water partition coefficient (Wildman–Crippen LogP) is 4.58. The van der Waals surface area contributed by atoms with Gasteiger partial charge in [0.2, 0.25) is 0 Å². The molecule has 0 unspecified atom stereocenters. The molecule has 2 rings (SSSR count). The van der Waals surface area contributed by atoms with Crippen molar-refractivity contribution in [2.75, 3.05) is 6.54 Å². The van der Waals surface area contributed by atoms with Crippen LogP contribution in [0.3, 0.4) is 0 Å². The molecule has 0 fully saturated rings. The molecule has 2 aromatic carbocycles. The quantitative estimate of drug-likeness (QED) is 0.740. The van der Waals surface area contributed by atoms with Gasteiger partial charge in [0.1, 0.15) is 0 Å². The fourth-order valence-electron chi connectivity index (χ4n) is 2.55. The van der Waals surface area contributed by atoms with E-state index in [2.05, 4.69) is 74.2 Å². The van der Waals surface area contributed by atoms with E-state index in [1.807, 2.05) is 0 Å². The van der Waals surface area contributed by atoms with E-state index in [4.69, 9.17) is 0 Å². The highest BCUT2D eigenvalue weighted by atomic mass is 15.1. The molecule has 0 heterocycles. The monoisotopic (exact) mass is 267 g/mol. The minimum atomic E-state index is 1.02. The van der Waals surface area contributed by atoms with Crippen molar-refractivity contribution in [3.05, 3.63) is 70.8 Å². The third kappa shape index (κ3) is 4.21. The minimum absolute atomic E-state index is 1.02. The van der Waals surface area contributed by atoms with E-state index >= 15 is 0 Å². The summed E-state index contributed by atoms with van der Waals surface area (Å²) >= 11 is 0. The topological polar surface area (TPSA) is 3.24 Å². The molecule has 2 aromatic rings. The van der Waals surface area contributed by atoms with Crippen LogP contribution < -0.4 is 0 Å². The number of hydrogen-bond donors (Lipinski definition) is 0. The molecule has 1 nitrogen and oxygen atoms in total. The van der Waals surface area contributed by atoms with Crippen LogP contribution in [-0.2, 0) is 19.5 Å². The Morgan fingerprint density at radius 1 is 0.800 bits per heavy atom. The molecule has 0 radical (unpaired) electrons. The van der Waals surface area contributed by atoms with E-state index in [-0.39, 0.29) is 0 Å². The molecule has 0 bridgehead atoms. The van der Waals surface area contributed by atoms with Gasteiger partial charge in [-0.1, -0.05) is 67.9 Å². The second kappa shape index (κ2) is 7.25. The van der Waals surface area contributed by atoms with Crippen molar-refractivity contribution in [3.63, 3.8) is 0 Å². The van der Waals surface area contributed by atoms with E-state index in [1.54, 1.807) is 0 Å². The first-order chi connectivity index (χ1) is 9.71. The van der Waals surface area contributed by atoms with Gasteiger partial charge in [-0.2, -0.15) is 0 Å². The predicted molar refractivity (Wildman–Crippen MR) is 86.8 cm³/mol. The van der Waals surface area contributed by atoms with Gasteiger partial charge in [-0.05, 0) is 36.6 Å². The average molecular weight is 267 g/mol. The molecular weight excluding hydrogens is 242 g/mol. The number of hydrogen-bond acceptors (Lipinski definition) is 1. The van der Waals surface area contributed by atoms with Crippen LogP contribution >= 0.6 is 0 Å². The van der Waals surface area contributed by atoms with Crippen molar-refractivity contribution in [3.8, 4) is 0 Å². The zero-order valence-corrected chi connectivity index (χ0v) is 12.9. The third-order valence-corrected chi connectivity index (χ3v) is 3.74. The summed E-state index contributed by atoms with van der Waals surface area (Å²) in [6, 6.07) is 17.8. The summed E-state index contributed by atoms with van der Waals surface area (Å²) in [7, 11) is 0. The highest BCUT2D eigenvalue weighted by molar-refractivity contribution is 5.24. The Kier molecular flexibility index (Phi) is 5.37. The van der Waals surface area contributed by atoms with Gasteiger partial charge < -0.3 is 0 Å². The maximum atomic E-state index is 2.49. The molecule has 0 aliphatic rings. The first-order valence-corrected chi connectivity index (χ1v) is 7.57. The van der Waals surface area contributed by atoms with Crippen molar-refractivity contribution in [2.24, 2.45) is 0 Å². The molecule has 0 aliphatic heterocycles. The van der Waals surface area contributed by atoms with Crippen molar-refractivity contribution in [2.45, 2.75) is 40.3 Å². The first kappa shape index (κ1) is 14.8. The first-order valence-electron chi connectivity index (χ1n) is 7.57. The summed E-state index contributed by atoms with van der Waals surface area (Å²) in [4.78, 5) is 2.49. The van der Waals surface area contributed by atoms with E-state index in [9.17, 15) is 0 Å². The smallest absolute Gasteiger partial charge is 0.0237 e. The second-order valence-corrected chi connectivity index (χ2v) is 5.47. The summed E-state index contributed by atoms with van der Waals surface area (Å²) in [6.07, 6.45) is 1.11. The molecular formula is C19H25N. The Morgan fingerprint density at radius 3 is 2.00 bits per heavy atom. The van der Waals surface area contributed by atoms with E-state index in [1.165, 1.54) is 22.3 Å². The number of aryl methyl sites for hydroxylation is 2. The lowest BCUT2D eigenvalue weighted by molar-refractivity contribution is 0.271. The average Bonchev–Trinajstić information content (AvgIpc) is 2.47. The summed E-state index contributed by atoms with van der Waals surface area (Å²) in [5.41, 5.74) is 5.58. The lowest BCUT2D eigenvalue weighted by Gasteiger charge is -2.21. The fourth-order valence-corrected chi connectivity index (χ4v) is 2.55. The summed E-state index contributed by atoms with van der Waals surface area (Å²) in [6.45, 7) is 9.73. The van der Waals surface area contributed by atoms with Gasteiger partial charge in [-0.3, -0.25) is 4.90 Å². The highest BCUT2D eigenvalue weighted by Gasteiger charge is 2.05. The Hall–Kier alpha value is -1.60. The number of rotatable bonds is 6. The molecule has 20 heavy (non-hydrogen) atoms. The largest absolute Gasteiger partial charge is 0.295 e. The Morgan fingerprint density at radius 2 is 1.40 bits per heavy atom. The van der Waals surface area contributed by atoms with Crippen LogP contribution in [0.2, 0.25) is 0 Å². The lowest BCUT2D eigenvalue weighted by atomic mass is 10.1. The van der Waals surface area contributed by atoms with Gasteiger partial charge in [0, 0.05) is 13.1 Å². The van der Waals surface area contributed by atoms with Gasteiger partial charge in [0.05, 0.1) is 0 Å². The zero-order chi connectivity index (χ0) is 14.4. The Bertz CT molecular complexity index is 545. The molecule has 106 valence electrons.